The zero-order valence-electron chi connectivity index (χ0n) is 11.7. The Bertz CT molecular complexity index is 671. The highest BCUT2D eigenvalue weighted by molar-refractivity contribution is 8.15. The Morgan fingerprint density at radius 1 is 1.25 bits per heavy atom. The Kier molecular flexibility index (Phi) is 5.30. The Hall–Kier alpha value is -0.150. The fourth-order valence-electron chi connectivity index (χ4n) is 1.64. The maximum absolute atomic E-state index is 12.0. The van der Waals surface area contributed by atoms with E-state index < -0.39 is 25.1 Å². The molecule has 0 saturated heterocycles. The molecule has 9 heteroatoms. The van der Waals surface area contributed by atoms with Crippen molar-refractivity contribution in [3.8, 4) is 0 Å². The number of rotatable bonds is 5. The van der Waals surface area contributed by atoms with Crippen molar-refractivity contribution in [1.29, 1.82) is 0 Å². The molecule has 5 nitrogen and oxygen atoms in total. The van der Waals surface area contributed by atoms with Crippen LogP contribution < -0.4 is 4.72 Å². The summed E-state index contributed by atoms with van der Waals surface area (Å²) >= 11 is 0.960. The Morgan fingerprint density at radius 2 is 1.80 bits per heavy atom. The van der Waals surface area contributed by atoms with E-state index in [1.54, 1.807) is 13.0 Å². The third-order valence-electron chi connectivity index (χ3n) is 2.25. The second kappa shape index (κ2) is 5.92. The van der Waals surface area contributed by atoms with Crippen LogP contribution >= 0.6 is 22.0 Å². The third-order valence-corrected chi connectivity index (χ3v) is 7.57. The minimum Gasteiger partial charge on any atom is -0.212 e. The van der Waals surface area contributed by atoms with Crippen LogP contribution in [0.2, 0.25) is 0 Å². The summed E-state index contributed by atoms with van der Waals surface area (Å²) < 4.78 is 48.9. The molecule has 20 heavy (non-hydrogen) atoms. The average molecular weight is 360 g/mol. The van der Waals surface area contributed by atoms with Crippen molar-refractivity contribution < 1.29 is 16.8 Å². The molecule has 0 bridgehead atoms. The minimum atomic E-state index is -3.77. The van der Waals surface area contributed by atoms with Gasteiger partial charge in [0.1, 0.15) is 4.21 Å². The van der Waals surface area contributed by atoms with E-state index in [1.807, 2.05) is 20.8 Å². The first-order valence-corrected chi connectivity index (χ1v) is 10.6. The lowest BCUT2D eigenvalue weighted by Gasteiger charge is -2.20. The van der Waals surface area contributed by atoms with Crippen LogP contribution in [0.25, 0.3) is 0 Å². The van der Waals surface area contributed by atoms with Gasteiger partial charge in [-0.05, 0) is 24.5 Å². The summed E-state index contributed by atoms with van der Waals surface area (Å²) in [6.45, 7) is 7.16. The number of hydrogen-bond donors (Lipinski definition) is 1. The van der Waals surface area contributed by atoms with Crippen molar-refractivity contribution in [3.05, 3.63) is 17.0 Å². The van der Waals surface area contributed by atoms with E-state index in [9.17, 15) is 16.8 Å². The van der Waals surface area contributed by atoms with Gasteiger partial charge in [0.15, 0.2) is 0 Å². The van der Waals surface area contributed by atoms with E-state index in [2.05, 4.69) is 4.72 Å². The SMILES string of the molecule is CC(NS(=O)(=O)CC(C)(C)C)c1ccc(S(=O)(=O)Cl)s1. The van der Waals surface area contributed by atoms with Gasteiger partial charge in [-0.2, -0.15) is 0 Å². The molecule has 0 saturated carbocycles. The first-order valence-electron chi connectivity index (χ1n) is 5.85. The highest BCUT2D eigenvalue weighted by atomic mass is 35.7. The van der Waals surface area contributed by atoms with E-state index in [1.165, 1.54) is 6.07 Å². The van der Waals surface area contributed by atoms with Gasteiger partial charge in [0, 0.05) is 15.6 Å². The lowest BCUT2D eigenvalue weighted by atomic mass is 10.0. The van der Waals surface area contributed by atoms with Crippen molar-refractivity contribution in [3.63, 3.8) is 0 Å². The molecule has 0 fully saturated rings. The van der Waals surface area contributed by atoms with Gasteiger partial charge in [-0.15, -0.1) is 11.3 Å². The molecular weight excluding hydrogens is 342 g/mol. The van der Waals surface area contributed by atoms with Crippen molar-refractivity contribution in [2.24, 2.45) is 5.41 Å². The maximum atomic E-state index is 12.0. The second-order valence-corrected chi connectivity index (χ2v) is 11.4. The highest BCUT2D eigenvalue weighted by Crippen LogP contribution is 2.29. The molecule has 1 unspecified atom stereocenters. The molecule has 0 spiro atoms. The van der Waals surface area contributed by atoms with Crippen molar-refractivity contribution >= 4 is 41.1 Å². The molecule has 1 aromatic heterocycles. The van der Waals surface area contributed by atoms with Crippen LogP contribution in [0.4, 0.5) is 0 Å². The van der Waals surface area contributed by atoms with Crippen molar-refractivity contribution in [1.82, 2.24) is 4.72 Å². The molecule has 116 valence electrons. The van der Waals surface area contributed by atoms with Gasteiger partial charge in [0.25, 0.3) is 9.05 Å². The lowest BCUT2D eigenvalue weighted by molar-refractivity contribution is 0.455. The van der Waals surface area contributed by atoms with Gasteiger partial charge in [0.05, 0.1) is 11.8 Å². The zero-order valence-corrected chi connectivity index (χ0v) is 14.9. The topological polar surface area (TPSA) is 80.3 Å². The smallest absolute Gasteiger partial charge is 0.212 e. The Balaban J connectivity index is 2.87. The molecule has 0 aliphatic carbocycles. The normalized spacial score (nSPS) is 15.2. The number of thiophene rings is 1. The van der Waals surface area contributed by atoms with Crippen LogP contribution in [0, 0.1) is 5.41 Å². The predicted octanol–water partition coefficient (Wildman–Crippen LogP) is 2.70. The third kappa shape index (κ3) is 5.69. The minimum absolute atomic E-state index is 0.00359. The number of sulfonamides is 1. The molecule has 0 amide bonds. The Morgan fingerprint density at radius 3 is 2.20 bits per heavy atom. The van der Waals surface area contributed by atoms with E-state index in [4.69, 9.17) is 10.7 Å². The van der Waals surface area contributed by atoms with E-state index in [0.717, 1.165) is 11.3 Å². The van der Waals surface area contributed by atoms with Gasteiger partial charge >= 0.3 is 0 Å². The van der Waals surface area contributed by atoms with Gasteiger partial charge in [-0.1, -0.05) is 20.8 Å². The average Bonchev–Trinajstić information content (AvgIpc) is 2.59. The Labute approximate surface area is 128 Å². The summed E-state index contributed by atoms with van der Waals surface area (Å²) in [6.07, 6.45) is 0. The molecule has 1 aromatic rings. The van der Waals surface area contributed by atoms with Crippen molar-refractivity contribution in [2.45, 2.75) is 37.9 Å². The summed E-state index contributed by atoms with van der Waals surface area (Å²) in [6, 6.07) is 2.43. The maximum Gasteiger partial charge on any atom is 0.270 e. The molecule has 1 rings (SSSR count). The van der Waals surface area contributed by atoms with Gasteiger partial charge < -0.3 is 0 Å². The lowest BCUT2D eigenvalue weighted by Crippen LogP contribution is -2.33. The fraction of sp³-hybridized carbons (Fsp3) is 0.636. The van der Waals surface area contributed by atoms with E-state index >= 15 is 0 Å². The largest absolute Gasteiger partial charge is 0.270 e. The molecule has 0 radical (unpaired) electrons. The molecule has 0 aliphatic heterocycles. The second-order valence-electron chi connectivity index (χ2n) is 5.75. The fourth-order valence-corrected chi connectivity index (χ4v) is 5.70. The number of nitrogens with one attached hydrogen (secondary N) is 1. The predicted molar refractivity (Wildman–Crippen MR) is 82.2 cm³/mol. The molecule has 0 aromatic carbocycles. The molecule has 1 atom stereocenters. The van der Waals surface area contributed by atoms with Crippen LogP contribution in [0.5, 0.6) is 0 Å². The quantitative estimate of drug-likeness (QED) is 0.819. The number of halogens is 1. The monoisotopic (exact) mass is 359 g/mol. The summed E-state index contributed by atoms with van der Waals surface area (Å²) in [5, 5.41) is 0. The van der Waals surface area contributed by atoms with Gasteiger partial charge in [0.2, 0.25) is 10.0 Å². The van der Waals surface area contributed by atoms with Crippen LogP contribution in [-0.2, 0) is 19.1 Å². The standard InChI is InChI=1S/C11H18ClNO4S3/c1-8(13-19(14,15)7-11(2,3)4)9-5-6-10(18-9)20(12,16)17/h5-6,8,13H,7H2,1-4H3. The van der Waals surface area contributed by atoms with Gasteiger partial charge in [-0.25, -0.2) is 21.6 Å². The summed E-state index contributed by atoms with van der Waals surface area (Å²) in [5.74, 6) is -0.00359. The highest BCUT2D eigenvalue weighted by Gasteiger charge is 2.24. The summed E-state index contributed by atoms with van der Waals surface area (Å²) in [7, 11) is -1.97. The summed E-state index contributed by atoms with van der Waals surface area (Å²) in [4.78, 5) is 0.599. The first-order chi connectivity index (χ1) is 8.80. The number of hydrogen-bond acceptors (Lipinski definition) is 5. The van der Waals surface area contributed by atoms with Gasteiger partial charge in [-0.3, -0.25) is 0 Å². The van der Waals surface area contributed by atoms with E-state index in [-0.39, 0.29) is 15.4 Å². The molecular formula is C11H18ClNO4S3. The van der Waals surface area contributed by atoms with Crippen LogP contribution in [0.15, 0.2) is 16.3 Å². The molecule has 0 aliphatic rings. The molecule has 1 N–H and O–H groups in total. The summed E-state index contributed by atoms with van der Waals surface area (Å²) in [5.41, 5.74) is -0.356. The zero-order chi connectivity index (χ0) is 15.8. The molecule has 1 heterocycles. The van der Waals surface area contributed by atoms with Crippen LogP contribution in [-0.4, -0.2) is 22.6 Å². The van der Waals surface area contributed by atoms with E-state index in [0.29, 0.717) is 4.88 Å². The first kappa shape index (κ1) is 17.9. The van der Waals surface area contributed by atoms with Crippen molar-refractivity contribution in [2.75, 3.05) is 5.75 Å². The van der Waals surface area contributed by atoms with Crippen LogP contribution in [0.3, 0.4) is 0 Å². The van der Waals surface area contributed by atoms with Crippen LogP contribution in [0.1, 0.15) is 38.6 Å².